The fourth-order valence-corrected chi connectivity index (χ4v) is 0.405. The Morgan fingerprint density at radius 2 is 1.46 bits per heavy atom. The number of hydrogen-bond acceptors (Lipinski definition) is 2. The second kappa shape index (κ2) is 14.4. The molecule has 84 valence electrons. The summed E-state index contributed by atoms with van der Waals surface area (Å²) >= 11 is 0. The van der Waals surface area contributed by atoms with E-state index in [9.17, 15) is 0 Å². The average Bonchev–Trinajstić information content (AvgIpc) is 2.10. The highest BCUT2D eigenvalue weighted by Gasteiger charge is 2.11. The molecule has 0 bridgehead atoms. The van der Waals surface area contributed by atoms with Gasteiger partial charge in [-0.15, -0.1) is 0 Å². The molecule has 0 atom stereocenters. The lowest BCUT2D eigenvalue weighted by Gasteiger charge is -2.21. The van der Waals surface area contributed by atoms with Gasteiger partial charge in [-0.2, -0.15) is 0 Å². The largest absolute Gasteiger partial charge is 0.396 e. The van der Waals surface area contributed by atoms with E-state index in [2.05, 4.69) is 33.0 Å². The van der Waals surface area contributed by atoms with Crippen LogP contribution < -0.4 is 5.32 Å². The molecule has 0 aliphatic carbocycles. The van der Waals surface area contributed by atoms with Crippen LogP contribution in [0.1, 0.15) is 54.4 Å². The van der Waals surface area contributed by atoms with Crippen LogP contribution in [0.3, 0.4) is 0 Å². The van der Waals surface area contributed by atoms with E-state index < -0.39 is 0 Å². The van der Waals surface area contributed by atoms with Gasteiger partial charge in [0.2, 0.25) is 0 Å². The Morgan fingerprint density at radius 1 is 1.15 bits per heavy atom. The van der Waals surface area contributed by atoms with Crippen molar-refractivity contribution >= 4 is 0 Å². The first kappa shape index (κ1) is 18.7. The Morgan fingerprint density at radius 3 is 1.54 bits per heavy atom. The maximum atomic E-state index is 8.49. The van der Waals surface area contributed by atoms with Gasteiger partial charge in [0.1, 0.15) is 0 Å². The van der Waals surface area contributed by atoms with Crippen molar-refractivity contribution in [2.75, 3.05) is 13.7 Å². The standard InChI is InChI=1S/C6H15NO.C3H8.C2H6/c1-6(2,7-3)4-5-8;1-3-2;1-2/h7-8H,4-5H2,1-3H3;3H2,1-2H3;1-2H3. The van der Waals surface area contributed by atoms with Gasteiger partial charge in [-0.3, -0.25) is 0 Å². The minimum absolute atomic E-state index is 0.0920. The van der Waals surface area contributed by atoms with Crippen LogP contribution in [0.2, 0.25) is 0 Å². The van der Waals surface area contributed by atoms with Crippen molar-refractivity contribution in [2.45, 2.75) is 59.9 Å². The summed E-state index contributed by atoms with van der Waals surface area (Å²) in [5.41, 5.74) is 0.0920. The van der Waals surface area contributed by atoms with Crippen molar-refractivity contribution < 1.29 is 5.11 Å². The predicted molar refractivity (Wildman–Crippen MR) is 62.2 cm³/mol. The zero-order valence-electron chi connectivity index (χ0n) is 10.6. The first-order valence-electron chi connectivity index (χ1n) is 5.33. The van der Waals surface area contributed by atoms with Crippen LogP contribution in [-0.2, 0) is 0 Å². The van der Waals surface area contributed by atoms with Gasteiger partial charge in [0.05, 0.1) is 0 Å². The molecule has 0 unspecified atom stereocenters. The normalized spacial score (nSPS) is 9.23. The van der Waals surface area contributed by atoms with Crippen molar-refractivity contribution in [1.82, 2.24) is 5.32 Å². The van der Waals surface area contributed by atoms with Crippen molar-refractivity contribution in [3.63, 3.8) is 0 Å². The topological polar surface area (TPSA) is 32.3 Å². The minimum Gasteiger partial charge on any atom is -0.396 e. The zero-order valence-corrected chi connectivity index (χ0v) is 10.6. The molecule has 0 aromatic heterocycles. The molecule has 2 N–H and O–H groups in total. The highest BCUT2D eigenvalue weighted by molar-refractivity contribution is 4.73. The van der Waals surface area contributed by atoms with Crippen LogP contribution in [0.25, 0.3) is 0 Å². The molecule has 0 amide bonds. The summed E-state index contributed by atoms with van der Waals surface area (Å²) in [5, 5.41) is 11.6. The molecule has 0 radical (unpaired) electrons. The third-order valence-electron chi connectivity index (χ3n) is 1.41. The van der Waals surface area contributed by atoms with Crippen molar-refractivity contribution in [3.05, 3.63) is 0 Å². The lowest BCUT2D eigenvalue weighted by molar-refractivity contribution is 0.237. The van der Waals surface area contributed by atoms with Gasteiger partial charge in [0.25, 0.3) is 0 Å². The molecule has 2 heteroatoms. The summed E-state index contributed by atoms with van der Waals surface area (Å²) in [6.45, 7) is 12.6. The molecular formula is C11H29NO. The lowest BCUT2D eigenvalue weighted by atomic mass is 10.0. The number of rotatable bonds is 3. The summed E-state index contributed by atoms with van der Waals surface area (Å²) in [7, 11) is 1.90. The van der Waals surface area contributed by atoms with Crippen LogP contribution in [0.15, 0.2) is 0 Å². The van der Waals surface area contributed by atoms with E-state index >= 15 is 0 Å². The monoisotopic (exact) mass is 191 g/mol. The Labute approximate surface area is 84.7 Å². The predicted octanol–water partition coefficient (Wildman–Crippen LogP) is 2.81. The van der Waals surface area contributed by atoms with E-state index in [-0.39, 0.29) is 12.1 Å². The van der Waals surface area contributed by atoms with Crippen LogP contribution in [0.4, 0.5) is 0 Å². The van der Waals surface area contributed by atoms with E-state index in [0.29, 0.717) is 0 Å². The summed E-state index contributed by atoms with van der Waals surface area (Å²) < 4.78 is 0. The summed E-state index contributed by atoms with van der Waals surface area (Å²) in [6, 6.07) is 0. The Balaban J connectivity index is -0.000000169. The second-order valence-corrected chi connectivity index (χ2v) is 3.31. The van der Waals surface area contributed by atoms with Gasteiger partial charge < -0.3 is 10.4 Å². The number of nitrogens with one attached hydrogen (secondary N) is 1. The summed E-state index contributed by atoms with van der Waals surface area (Å²) in [6.07, 6.45) is 2.06. The van der Waals surface area contributed by atoms with E-state index in [4.69, 9.17) is 5.11 Å². The molecule has 0 aromatic rings. The van der Waals surface area contributed by atoms with Gasteiger partial charge in [-0.1, -0.05) is 34.1 Å². The molecule has 0 saturated heterocycles. The molecule has 13 heavy (non-hydrogen) atoms. The molecule has 0 saturated carbocycles. The molecule has 0 heterocycles. The summed E-state index contributed by atoms with van der Waals surface area (Å²) in [5.74, 6) is 0. The molecule has 0 fully saturated rings. The average molecular weight is 191 g/mol. The first-order valence-corrected chi connectivity index (χ1v) is 5.33. The zero-order chi connectivity index (χ0) is 11.3. The SMILES string of the molecule is CC.CCC.CNC(C)(C)CCO. The molecule has 0 aromatic carbocycles. The van der Waals surface area contributed by atoms with Crippen LogP contribution >= 0.6 is 0 Å². The summed E-state index contributed by atoms with van der Waals surface area (Å²) in [4.78, 5) is 0. The quantitative estimate of drug-likeness (QED) is 0.719. The van der Waals surface area contributed by atoms with Gasteiger partial charge in [0.15, 0.2) is 0 Å². The Bertz CT molecular complexity index is 72.5. The number of aliphatic hydroxyl groups excluding tert-OH is 1. The minimum atomic E-state index is 0.0920. The van der Waals surface area contributed by atoms with Gasteiger partial charge in [-0.05, 0) is 27.3 Å². The number of hydrogen-bond donors (Lipinski definition) is 2. The van der Waals surface area contributed by atoms with Gasteiger partial charge in [0, 0.05) is 12.1 Å². The highest BCUT2D eigenvalue weighted by atomic mass is 16.3. The van der Waals surface area contributed by atoms with Crippen LogP contribution in [-0.4, -0.2) is 24.3 Å². The first-order chi connectivity index (χ1) is 6.04. The van der Waals surface area contributed by atoms with Gasteiger partial charge in [-0.25, -0.2) is 0 Å². The maximum Gasteiger partial charge on any atom is 0.0448 e. The molecule has 0 aliphatic rings. The Hall–Kier alpha value is -0.0800. The van der Waals surface area contributed by atoms with E-state index in [0.717, 1.165) is 6.42 Å². The smallest absolute Gasteiger partial charge is 0.0448 e. The van der Waals surface area contributed by atoms with Crippen molar-refractivity contribution in [2.24, 2.45) is 0 Å². The van der Waals surface area contributed by atoms with E-state index in [1.54, 1.807) is 0 Å². The maximum absolute atomic E-state index is 8.49. The molecule has 0 spiro atoms. The van der Waals surface area contributed by atoms with E-state index in [1.165, 1.54) is 6.42 Å². The molecular weight excluding hydrogens is 162 g/mol. The third-order valence-corrected chi connectivity index (χ3v) is 1.41. The fourth-order valence-electron chi connectivity index (χ4n) is 0.405. The fraction of sp³-hybridized carbons (Fsp3) is 1.00. The van der Waals surface area contributed by atoms with Crippen molar-refractivity contribution in [1.29, 1.82) is 0 Å². The molecule has 0 aliphatic heterocycles. The second-order valence-electron chi connectivity index (χ2n) is 3.31. The molecule has 0 rings (SSSR count). The van der Waals surface area contributed by atoms with E-state index in [1.807, 2.05) is 20.9 Å². The Kier molecular flexibility index (Phi) is 20.7. The van der Waals surface area contributed by atoms with Crippen LogP contribution in [0.5, 0.6) is 0 Å². The third kappa shape index (κ3) is 24.5. The lowest BCUT2D eigenvalue weighted by Crippen LogP contribution is -2.36. The van der Waals surface area contributed by atoms with Crippen LogP contribution in [0, 0.1) is 0 Å². The van der Waals surface area contributed by atoms with Gasteiger partial charge >= 0.3 is 0 Å². The number of aliphatic hydroxyl groups is 1. The highest BCUT2D eigenvalue weighted by Crippen LogP contribution is 2.04. The molecule has 2 nitrogen and oxygen atoms in total. The van der Waals surface area contributed by atoms with Crippen molar-refractivity contribution in [3.8, 4) is 0 Å².